The molecule has 0 bridgehead atoms. The first kappa shape index (κ1) is 15.1. The van der Waals surface area contributed by atoms with E-state index in [4.69, 9.17) is 4.74 Å². The molecule has 3 nitrogen and oxygen atoms in total. The summed E-state index contributed by atoms with van der Waals surface area (Å²) in [7, 11) is -0.703. The van der Waals surface area contributed by atoms with E-state index in [-0.39, 0.29) is 0 Å². The van der Waals surface area contributed by atoms with Crippen molar-refractivity contribution >= 4 is 10.8 Å². The normalized spacial score (nSPS) is 21.6. The van der Waals surface area contributed by atoms with Crippen LogP contribution >= 0.6 is 0 Å². The standard InChI is InChI=1S/C13H27NO2S/c1-4-7-14-13(11(2)3)10-17(15)12-5-8-16-9-6-12/h11-14H,4-10H2,1-3H3. The zero-order chi connectivity index (χ0) is 12.7. The van der Waals surface area contributed by atoms with Crippen LogP contribution in [0, 0.1) is 5.92 Å². The Balaban J connectivity index is 2.39. The number of hydrogen-bond acceptors (Lipinski definition) is 3. The first-order valence-electron chi connectivity index (χ1n) is 6.83. The first-order chi connectivity index (χ1) is 8.15. The van der Waals surface area contributed by atoms with Crippen LogP contribution in [0.3, 0.4) is 0 Å². The predicted octanol–water partition coefficient (Wildman–Crippen LogP) is 1.94. The van der Waals surface area contributed by atoms with E-state index in [1.54, 1.807) is 0 Å². The third-order valence-electron chi connectivity index (χ3n) is 3.35. The molecule has 1 heterocycles. The zero-order valence-corrected chi connectivity index (χ0v) is 12.2. The summed E-state index contributed by atoms with van der Waals surface area (Å²) in [4.78, 5) is 0. The van der Waals surface area contributed by atoms with Crippen LogP contribution in [0.5, 0.6) is 0 Å². The molecule has 0 aliphatic carbocycles. The van der Waals surface area contributed by atoms with Crippen LogP contribution < -0.4 is 5.32 Å². The fourth-order valence-electron chi connectivity index (χ4n) is 2.07. The van der Waals surface area contributed by atoms with E-state index in [9.17, 15) is 4.21 Å². The molecule has 0 radical (unpaired) electrons. The SMILES string of the molecule is CCCNC(CS(=O)C1CCOCC1)C(C)C. The van der Waals surface area contributed by atoms with Crippen molar-refractivity contribution in [2.45, 2.75) is 51.3 Å². The molecule has 1 fully saturated rings. The Morgan fingerprint density at radius 2 is 2.00 bits per heavy atom. The van der Waals surface area contributed by atoms with Crippen LogP contribution in [0.4, 0.5) is 0 Å². The second-order valence-corrected chi connectivity index (χ2v) is 6.93. The summed E-state index contributed by atoms with van der Waals surface area (Å²) in [5.74, 6) is 1.34. The second-order valence-electron chi connectivity index (χ2n) is 5.16. The summed E-state index contributed by atoms with van der Waals surface area (Å²) in [6, 6.07) is 0.388. The lowest BCUT2D eigenvalue weighted by molar-refractivity contribution is 0.0991. The molecule has 0 amide bonds. The topological polar surface area (TPSA) is 38.3 Å². The van der Waals surface area contributed by atoms with E-state index in [1.165, 1.54) is 0 Å². The van der Waals surface area contributed by atoms with E-state index in [2.05, 4.69) is 26.1 Å². The molecule has 0 spiro atoms. The van der Waals surface area contributed by atoms with Gasteiger partial charge in [-0.15, -0.1) is 0 Å². The second kappa shape index (κ2) is 8.22. The van der Waals surface area contributed by atoms with E-state index >= 15 is 0 Å². The van der Waals surface area contributed by atoms with Gasteiger partial charge in [0, 0.05) is 41.1 Å². The molecule has 0 aromatic heterocycles. The molecular formula is C13H27NO2S. The van der Waals surface area contributed by atoms with Crippen molar-refractivity contribution in [3.8, 4) is 0 Å². The molecule has 102 valence electrons. The first-order valence-corrected chi connectivity index (χ1v) is 8.21. The average molecular weight is 261 g/mol. The molecule has 17 heavy (non-hydrogen) atoms. The molecular weight excluding hydrogens is 234 g/mol. The van der Waals surface area contributed by atoms with Gasteiger partial charge < -0.3 is 10.1 Å². The van der Waals surface area contributed by atoms with Crippen LogP contribution in [-0.4, -0.2) is 41.0 Å². The van der Waals surface area contributed by atoms with Gasteiger partial charge in [-0.2, -0.15) is 0 Å². The highest BCUT2D eigenvalue weighted by molar-refractivity contribution is 7.85. The Morgan fingerprint density at radius 3 is 2.53 bits per heavy atom. The van der Waals surface area contributed by atoms with Gasteiger partial charge in [-0.3, -0.25) is 4.21 Å². The zero-order valence-electron chi connectivity index (χ0n) is 11.4. The molecule has 1 aliphatic heterocycles. The van der Waals surface area contributed by atoms with Crippen molar-refractivity contribution in [3.05, 3.63) is 0 Å². The van der Waals surface area contributed by atoms with Gasteiger partial charge >= 0.3 is 0 Å². The summed E-state index contributed by atoms with van der Waals surface area (Å²) >= 11 is 0. The number of rotatable bonds is 7. The quantitative estimate of drug-likeness (QED) is 0.761. The van der Waals surface area contributed by atoms with E-state index in [0.29, 0.717) is 17.2 Å². The third-order valence-corrected chi connectivity index (χ3v) is 5.25. The van der Waals surface area contributed by atoms with Gasteiger partial charge in [0.15, 0.2) is 0 Å². The Kier molecular flexibility index (Phi) is 7.32. The predicted molar refractivity (Wildman–Crippen MR) is 73.8 cm³/mol. The Morgan fingerprint density at radius 1 is 1.35 bits per heavy atom. The minimum absolute atomic E-state index is 0.355. The molecule has 0 aromatic carbocycles. The molecule has 2 unspecified atom stereocenters. The van der Waals surface area contributed by atoms with Crippen molar-refractivity contribution in [2.75, 3.05) is 25.5 Å². The maximum Gasteiger partial charge on any atom is 0.0477 e. The fraction of sp³-hybridized carbons (Fsp3) is 1.00. The molecule has 2 atom stereocenters. The molecule has 0 saturated carbocycles. The average Bonchev–Trinajstić information content (AvgIpc) is 2.35. The van der Waals surface area contributed by atoms with Gasteiger partial charge in [-0.05, 0) is 31.7 Å². The van der Waals surface area contributed by atoms with Crippen LogP contribution in [0.15, 0.2) is 0 Å². The Hall–Kier alpha value is 0.0700. The highest BCUT2D eigenvalue weighted by Crippen LogP contribution is 2.15. The van der Waals surface area contributed by atoms with Gasteiger partial charge in [-0.25, -0.2) is 0 Å². The smallest absolute Gasteiger partial charge is 0.0477 e. The van der Waals surface area contributed by atoms with Crippen LogP contribution in [0.2, 0.25) is 0 Å². The molecule has 0 aromatic rings. The number of nitrogens with one attached hydrogen (secondary N) is 1. The van der Waals surface area contributed by atoms with Crippen LogP contribution in [0.25, 0.3) is 0 Å². The maximum atomic E-state index is 12.3. The number of hydrogen-bond donors (Lipinski definition) is 1. The van der Waals surface area contributed by atoms with Gasteiger partial charge in [0.1, 0.15) is 0 Å². The van der Waals surface area contributed by atoms with E-state index < -0.39 is 10.8 Å². The highest BCUT2D eigenvalue weighted by Gasteiger charge is 2.24. The lowest BCUT2D eigenvalue weighted by Crippen LogP contribution is -2.41. The molecule has 1 aliphatic rings. The van der Waals surface area contributed by atoms with Crippen molar-refractivity contribution in [3.63, 3.8) is 0 Å². The van der Waals surface area contributed by atoms with Crippen molar-refractivity contribution in [2.24, 2.45) is 5.92 Å². The minimum Gasteiger partial charge on any atom is -0.381 e. The van der Waals surface area contributed by atoms with Gasteiger partial charge in [-0.1, -0.05) is 20.8 Å². The Bertz CT molecular complexity index is 227. The summed E-state index contributed by atoms with van der Waals surface area (Å²) in [5.41, 5.74) is 0. The van der Waals surface area contributed by atoms with Crippen molar-refractivity contribution in [1.29, 1.82) is 0 Å². The third kappa shape index (κ3) is 5.49. The lowest BCUT2D eigenvalue weighted by atomic mass is 10.1. The fourth-order valence-corrected chi connectivity index (χ4v) is 3.92. The largest absolute Gasteiger partial charge is 0.381 e. The number of ether oxygens (including phenoxy) is 1. The monoisotopic (exact) mass is 261 g/mol. The molecule has 1 N–H and O–H groups in total. The summed E-state index contributed by atoms with van der Waals surface area (Å²) in [6.07, 6.45) is 3.06. The van der Waals surface area contributed by atoms with Gasteiger partial charge in [0.05, 0.1) is 0 Å². The van der Waals surface area contributed by atoms with Crippen LogP contribution in [-0.2, 0) is 15.5 Å². The summed E-state index contributed by atoms with van der Waals surface area (Å²) in [5, 5.41) is 3.87. The minimum atomic E-state index is -0.703. The maximum absolute atomic E-state index is 12.3. The molecule has 4 heteroatoms. The van der Waals surface area contributed by atoms with Gasteiger partial charge in [0.25, 0.3) is 0 Å². The van der Waals surface area contributed by atoms with Crippen molar-refractivity contribution < 1.29 is 8.95 Å². The molecule has 1 rings (SSSR count). The Labute approximate surface area is 108 Å². The summed E-state index contributed by atoms with van der Waals surface area (Å²) < 4.78 is 17.6. The van der Waals surface area contributed by atoms with E-state index in [1.807, 2.05) is 0 Å². The van der Waals surface area contributed by atoms with Crippen LogP contribution in [0.1, 0.15) is 40.0 Å². The van der Waals surface area contributed by atoms with E-state index in [0.717, 1.165) is 44.8 Å². The highest BCUT2D eigenvalue weighted by atomic mass is 32.2. The molecule has 1 saturated heterocycles. The van der Waals surface area contributed by atoms with Gasteiger partial charge in [0.2, 0.25) is 0 Å². The summed E-state index contributed by atoms with van der Waals surface area (Å²) in [6.45, 7) is 9.16. The lowest BCUT2D eigenvalue weighted by Gasteiger charge is -2.26. The van der Waals surface area contributed by atoms with Crippen molar-refractivity contribution in [1.82, 2.24) is 5.32 Å².